The summed E-state index contributed by atoms with van der Waals surface area (Å²) in [6, 6.07) is 2.00. The molecule has 5 heteroatoms. The lowest BCUT2D eigenvalue weighted by Crippen LogP contribution is -2.37. The van der Waals surface area contributed by atoms with Crippen molar-refractivity contribution in [1.82, 2.24) is 4.90 Å². The zero-order chi connectivity index (χ0) is 12.8. The predicted molar refractivity (Wildman–Crippen MR) is 61.0 cm³/mol. The number of nitriles is 1. The van der Waals surface area contributed by atoms with Gasteiger partial charge in [0.15, 0.2) is 0 Å². The minimum atomic E-state index is -0.804. The Bertz CT molecular complexity index is 335. The minimum absolute atomic E-state index is 0.0220. The number of amides is 1. The van der Waals surface area contributed by atoms with Gasteiger partial charge in [0.1, 0.15) is 0 Å². The van der Waals surface area contributed by atoms with Gasteiger partial charge in [-0.15, -0.1) is 0 Å². The molecular weight excluding hydrogens is 220 g/mol. The van der Waals surface area contributed by atoms with Crippen LogP contribution in [0.3, 0.4) is 0 Å². The van der Waals surface area contributed by atoms with Crippen molar-refractivity contribution in [3.8, 4) is 6.07 Å². The van der Waals surface area contributed by atoms with Crippen molar-refractivity contribution in [3.05, 3.63) is 0 Å². The summed E-state index contributed by atoms with van der Waals surface area (Å²) in [5.74, 6) is -1.40. The number of nitrogens with zero attached hydrogens (tertiary/aromatic N) is 2. The number of aliphatic carboxylic acids is 1. The van der Waals surface area contributed by atoms with Crippen LogP contribution in [0.25, 0.3) is 0 Å². The van der Waals surface area contributed by atoms with Crippen LogP contribution in [0.15, 0.2) is 0 Å². The summed E-state index contributed by atoms with van der Waals surface area (Å²) in [5, 5.41) is 17.4. The van der Waals surface area contributed by atoms with E-state index < -0.39 is 5.97 Å². The van der Waals surface area contributed by atoms with Gasteiger partial charge in [-0.1, -0.05) is 6.42 Å². The standard InChI is InChI=1S/C12H18N2O3/c1-14(7-3-6-13)11(15)9-4-2-5-10(8-9)12(16)17/h9-10H,2-5,7-8H2,1H3,(H,16,17). The van der Waals surface area contributed by atoms with E-state index in [1.165, 1.54) is 4.90 Å². The lowest BCUT2D eigenvalue weighted by molar-refractivity contribution is -0.145. The van der Waals surface area contributed by atoms with E-state index in [1.54, 1.807) is 7.05 Å². The first-order valence-electron chi connectivity index (χ1n) is 5.91. The maximum absolute atomic E-state index is 12.0. The Hall–Kier alpha value is -1.57. The van der Waals surface area contributed by atoms with Gasteiger partial charge in [0.2, 0.25) is 5.91 Å². The van der Waals surface area contributed by atoms with E-state index in [4.69, 9.17) is 10.4 Å². The highest BCUT2D eigenvalue weighted by Crippen LogP contribution is 2.30. The second kappa shape index (κ2) is 6.24. The van der Waals surface area contributed by atoms with Gasteiger partial charge in [-0.25, -0.2) is 0 Å². The Morgan fingerprint density at radius 2 is 2.06 bits per heavy atom. The number of hydrogen-bond donors (Lipinski definition) is 1. The summed E-state index contributed by atoms with van der Waals surface area (Å²) in [6.07, 6.45) is 2.97. The number of hydrogen-bond acceptors (Lipinski definition) is 3. The summed E-state index contributed by atoms with van der Waals surface area (Å²) in [4.78, 5) is 24.4. The Morgan fingerprint density at radius 3 is 2.65 bits per heavy atom. The van der Waals surface area contributed by atoms with Crippen molar-refractivity contribution in [1.29, 1.82) is 5.26 Å². The number of rotatable bonds is 4. The molecule has 1 rings (SSSR count). The SMILES string of the molecule is CN(CCC#N)C(=O)C1CCCC(C(=O)O)C1. The molecule has 17 heavy (non-hydrogen) atoms. The monoisotopic (exact) mass is 238 g/mol. The molecule has 1 amide bonds. The van der Waals surface area contributed by atoms with Gasteiger partial charge in [0, 0.05) is 19.5 Å². The molecular formula is C12H18N2O3. The van der Waals surface area contributed by atoms with Crippen molar-refractivity contribution in [2.45, 2.75) is 32.1 Å². The summed E-state index contributed by atoms with van der Waals surface area (Å²) in [6.45, 7) is 0.420. The van der Waals surface area contributed by atoms with Crippen LogP contribution in [0.5, 0.6) is 0 Å². The van der Waals surface area contributed by atoms with Crippen LogP contribution in [-0.4, -0.2) is 35.5 Å². The zero-order valence-corrected chi connectivity index (χ0v) is 10.1. The van der Waals surface area contributed by atoms with Gasteiger partial charge in [0.05, 0.1) is 18.4 Å². The number of carboxylic acids is 1. The number of carbonyl (C=O) groups is 2. The van der Waals surface area contributed by atoms with Crippen LogP contribution < -0.4 is 0 Å². The molecule has 1 aliphatic carbocycles. The second-order valence-electron chi connectivity index (χ2n) is 4.57. The van der Waals surface area contributed by atoms with Crippen molar-refractivity contribution in [3.63, 3.8) is 0 Å². The third kappa shape index (κ3) is 3.74. The van der Waals surface area contributed by atoms with Gasteiger partial charge in [-0.3, -0.25) is 9.59 Å². The highest BCUT2D eigenvalue weighted by Gasteiger charge is 2.32. The maximum atomic E-state index is 12.0. The van der Waals surface area contributed by atoms with E-state index in [9.17, 15) is 9.59 Å². The topological polar surface area (TPSA) is 81.4 Å². The lowest BCUT2D eigenvalue weighted by Gasteiger charge is -2.29. The minimum Gasteiger partial charge on any atom is -0.481 e. The molecule has 0 radical (unpaired) electrons. The van der Waals surface area contributed by atoms with Gasteiger partial charge in [-0.05, 0) is 19.3 Å². The van der Waals surface area contributed by atoms with Crippen LogP contribution in [0.4, 0.5) is 0 Å². The van der Waals surface area contributed by atoms with Gasteiger partial charge in [-0.2, -0.15) is 5.26 Å². The van der Waals surface area contributed by atoms with E-state index >= 15 is 0 Å². The fourth-order valence-electron chi connectivity index (χ4n) is 2.28. The largest absolute Gasteiger partial charge is 0.481 e. The Morgan fingerprint density at radius 1 is 1.41 bits per heavy atom. The molecule has 0 bridgehead atoms. The average Bonchev–Trinajstić information content (AvgIpc) is 2.35. The second-order valence-corrected chi connectivity index (χ2v) is 4.57. The number of carbonyl (C=O) groups excluding carboxylic acids is 1. The summed E-state index contributed by atoms with van der Waals surface area (Å²) in [5.41, 5.74) is 0. The normalized spacial score (nSPS) is 23.8. The van der Waals surface area contributed by atoms with Crippen LogP contribution in [0.1, 0.15) is 32.1 Å². The molecule has 1 saturated carbocycles. The van der Waals surface area contributed by atoms with Crippen molar-refractivity contribution in [2.24, 2.45) is 11.8 Å². The van der Waals surface area contributed by atoms with Crippen LogP contribution in [0.2, 0.25) is 0 Å². The zero-order valence-electron chi connectivity index (χ0n) is 10.1. The van der Waals surface area contributed by atoms with Crippen molar-refractivity contribution in [2.75, 3.05) is 13.6 Å². The third-order valence-corrected chi connectivity index (χ3v) is 3.31. The van der Waals surface area contributed by atoms with E-state index in [1.807, 2.05) is 6.07 Å². The smallest absolute Gasteiger partial charge is 0.306 e. The van der Waals surface area contributed by atoms with Crippen LogP contribution >= 0.6 is 0 Å². The molecule has 2 atom stereocenters. The molecule has 2 unspecified atom stereocenters. The Labute approximate surface area is 101 Å². The van der Waals surface area contributed by atoms with Gasteiger partial charge >= 0.3 is 5.97 Å². The molecule has 0 aromatic heterocycles. The fourth-order valence-corrected chi connectivity index (χ4v) is 2.28. The highest BCUT2D eigenvalue weighted by molar-refractivity contribution is 5.80. The summed E-state index contributed by atoms with van der Waals surface area (Å²) >= 11 is 0. The Balaban J connectivity index is 2.51. The summed E-state index contributed by atoms with van der Waals surface area (Å²) in [7, 11) is 1.67. The third-order valence-electron chi connectivity index (χ3n) is 3.31. The lowest BCUT2D eigenvalue weighted by atomic mass is 9.81. The molecule has 1 fully saturated rings. The first-order valence-corrected chi connectivity index (χ1v) is 5.91. The maximum Gasteiger partial charge on any atom is 0.306 e. The summed E-state index contributed by atoms with van der Waals surface area (Å²) < 4.78 is 0. The number of carboxylic acid groups (broad SMARTS) is 1. The first kappa shape index (κ1) is 13.5. The molecule has 1 N–H and O–H groups in total. The molecule has 0 aliphatic heterocycles. The van der Waals surface area contributed by atoms with Crippen molar-refractivity contribution >= 4 is 11.9 Å². The van der Waals surface area contributed by atoms with Gasteiger partial charge < -0.3 is 10.0 Å². The predicted octanol–water partition coefficient (Wildman–Crippen LogP) is 1.25. The molecule has 0 aromatic carbocycles. The molecule has 0 saturated heterocycles. The van der Waals surface area contributed by atoms with E-state index in [0.717, 1.165) is 12.8 Å². The van der Waals surface area contributed by atoms with E-state index in [2.05, 4.69) is 0 Å². The molecule has 0 heterocycles. The molecule has 94 valence electrons. The highest BCUT2D eigenvalue weighted by atomic mass is 16.4. The average molecular weight is 238 g/mol. The van der Waals surface area contributed by atoms with Crippen LogP contribution in [0, 0.1) is 23.2 Å². The quantitative estimate of drug-likeness (QED) is 0.799. The molecule has 5 nitrogen and oxygen atoms in total. The molecule has 1 aliphatic rings. The molecule has 0 spiro atoms. The first-order chi connectivity index (χ1) is 8.06. The van der Waals surface area contributed by atoms with Gasteiger partial charge in [0.25, 0.3) is 0 Å². The van der Waals surface area contributed by atoms with E-state index in [0.29, 0.717) is 25.8 Å². The Kier molecular flexibility index (Phi) is 4.95. The van der Waals surface area contributed by atoms with E-state index in [-0.39, 0.29) is 17.7 Å². The van der Waals surface area contributed by atoms with Crippen LogP contribution in [-0.2, 0) is 9.59 Å². The molecule has 0 aromatic rings. The van der Waals surface area contributed by atoms with Crippen molar-refractivity contribution < 1.29 is 14.7 Å². The fraction of sp³-hybridized carbons (Fsp3) is 0.750.